The Hall–Kier alpha value is -0.340. The van der Waals surface area contributed by atoms with Crippen LogP contribution < -0.4 is 0 Å². The van der Waals surface area contributed by atoms with Crippen LogP contribution in [0.3, 0.4) is 0 Å². The van der Waals surface area contributed by atoms with Crippen LogP contribution in [0.5, 0.6) is 0 Å². The van der Waals surface area contributed by atoms with Crippen molar-refractivity contribution in [3.8, 4) is 0 Å². The van der Waals surface area contributed by atoms with Gasteiger partial charge < -0.3 is 0 Å². The van der Waals surface area contributed by atoms with Crippen molar-refractivity contribution in [3.63, 3.8) is 0 Å². The van der Waals surface area contributed by atoms with Crippen LogP contribution in [0.1, 0.15) is 6.92 Å². The number of likely N-dealkylation sites (N-methyl/N-ethyl adjacent to an activating group) is 1. The fourth-order valence-corrected chi connectivity index (χ4v) is 2.63. The second-order valence-corrected chi connectivity index (χ2v) is 6.13. The van der Waals surface area contributed by atoms with E-state index in [2.05, 4.69) is 0 Å². The molecule has 8 heteroatoms. The third-order valence-electron chi connectivity index (χ3n) is 2.88. The average Bonchev–Trinajstić information content (AvgIpc) is 2.05. The van der Waals surface area contributed by atoms with Gasteiger partial charge in [0.2, 0.25) is 10.0 Å². The number of halogens is 3. The van der Waals surface area contributed by atoms with Crippen molar-refractivity contribution < 1.29 is 21.6 Å². The summed E-state index contributed by atoms with van der Waals surface area (Å²) >= 11 is 0. The van der Waals surface area contributed by atoms with E-state index in [1.165, 1.54) is 11.9 Å². The molecule has 4 nitrogen and oxygen atoms in total. The number of piperazine rings is 1. The van der Waals surface area contributed by atoms with Crippen LogP contribution in [0.4, 0.5) is 13.2 Å². The molecular formula is C8H15F3N2O2S. The minimum atomic E-state index is -4.41. The first-order valence-corrected chi connectivity index (χ1v) is 6.62. The fourth-order valence-electron chi connectivity index (χ4n) is 1.73. The van der Waals surface area contributed by atoms with Gasteiger partial charge in [0.05, 0.1) is 6.26 Å². The van der Waals surface area contributed by atoms with E-state index in [-0.39, 0.29) is 6.54 Å². The van der Waals surface area contributed by atoms with Crippen LogP contribution in [0.25, 0.3) is 0 Å². The first-order chi connectivity index (χ1) is 7.03. The van der Waals surface area contributed by atoms with Gasteiger partial charge in [-0.2, -0.15) is 17.5 Å². The summed E-state index contributed by atoms with van der Waals surface area (Å²) in [4.78, 5) is 1.17. The topological polar surface area (TPSA) is 40.6 Å². The van der Waals surface area contributed by atoms with E-state index in [1.807, 2.05) is 0 Å². The van der Waals surface area contributed by atoms with Gasteiger partial charge in [-0.15, -0.1) is 0 Å². The Morgan fingerprint density at radius 2 is 1.75 bits per heavy atom. The molecule has 0 amide bonds. The lowest BCUT2D eigenvalue weighted by Crippen LogP contribution is -2.61. The molecule has 16 heavy (non-hydrogen) atoms. The maximum Gasteiger partial charge on any atom is 0.405 e. The van der Waals surface area contributed by atoms with Crippen LogP contribution in [-0.4, -0.2) is 62.3 Å². The molecule has 1 aliphatic rings. The van der Waals surface area contributed by atoms with Crippen molar-refractivity contribution in [1.82, 2.24) is 9.21 Å². The highest BCUT2D eigenvalue weighted by atomic mass is 32.2. The third kappa shape index (κ3) is 2.86. The van der Waals surface area contributed by atoms with Gasteiger partial charge in [-0.1, -0.05) is 0 Å². The highest BCUT2D eigenvalue weighted by Crippen LogP contribution is 2.29. The zero-order chi connectivity index (χ0) is 12.7. The number of alkyl halides is 3. The number of sulfonamides is 1. The molecule has 0 saturated carbocycles. The Kier molecular flexibility index (Phi) is 3.56. The van der Waals surface area contributed by atoms with Gasteiger partial charge in [-0.3, -0.25) is 4.90 Å². The molecule has 1 heterocycles. The first kappa shape index (κ1) is 13.7. The lowest BCUT2D eigenvalue weighted by atomic mass is 10.1. The largest absolute Gasteiger partial charge is 0.405 e. The second-order valence-electron chi connectivity index (χ2n) is 4.15. The van der Waals surface area contributed by atoms with Gasteiger partial charge in [-0.25, -0.2) is 8.42 Å². The molecule has 0 aliphatic carbocycles. The zero-order valence-electron chi connectivity index (χ0n) is 9.32. The minimum absolute atomic E-state index is 0.0991. The Balaban J connectivity index is 2.95. The lowest BCUT2D eigenvalue weighted by Gasteiger charge is -2.43. The maximum atomic E-state index is 12.7. The minimum Gasteiger partial charge on any atom is -0.290 e. The van der Waals surface area contributed by atoms with E-state index in [4.69, 9.17) is 0 Å². The summed E-state index contributed by atoms with van der Waals surface area (Å²) in [6, 6.07) is -2.18. The third-order valence-corrected chi connectivity index (χ3v) is 4.11. The van der Waals surface area contributed by atoms with E-state index in [9.17, 15) is 21.6 Å². The zero-order valence-corrected chi connectivity index (χ0v) is 10.1. The summed E-state index contributed by atoms with van der Waals surface area (Å²) in [6.07, 6.45) is -3.48. The molecule has 2 unspecified atom stereocenters. The summed E-state index contributed by atoms with van der Waals surface area (Å²) < 4.78 is 61.4. The summed E-state index contributed by atoms with van der Waals surface area (Å²) in [6.45, 7) is 1.15. The van der Waals surface area contributed by atoms with Crippen molar-refractivity contribution in [3.05, 3.63) is 0 Å². The van der Waals surface area contributed by atoms with Gasteiger partial charge in [0.1, 0.15) is 6.04 Å². The quantitative estimate of drug-likeness (QED) is 0.690. The molecule has 0 radical (unpaired) electrons. The van der Waals surface area contributed by atoms with Crippen molar-refractivity contribution in [2.75, 3.05) is 26.4 Å². The van der Waals surface area contributed by atoms with E-state index < -0.39 is 34.8 Å². The second kappa shape index (κ2) is 4.15. The monoisotopic (exact) mass is 260 g/mol. The molecule has 1 saturated heterocycles. The molecule has 0 bridgehead atoms. The van der Waals surface area contributed by atoms with Crippen molar-refractivity contribution in [2.45, 2.75) is 25.2 Å². The summed E-state index contributed by atoms with van der Waals surface area (Å²) in [5.41, 5.74) is 0. The van der Waals surface area contributed by atoms with Gasteiger partial charge >= 0.3 is 6.18 Å². The Bertz CT molecular complexity index is 355. The molecule has 1 aliphatic heterocycles. The molecule has 0 spiro atoms. The summed E-state index contributed by atoms with van der Waals surface area (Å²) in [5, 5.41) is 0. The molecule has 1 rings (SSSR count). The SMILES string of the molecule is CC1CN(S(C)(=O)=O)CC(C(F)(F)F)N1C. The molecule has 1 fully saturated rings. The van der Waals surface area contributed by atoms with Gasteiger partial charge in [-0.05, 0) is 14.0 Å². The molecule has 0 aromatic carbocycles. The molecule has 0 N–H and O–H groups in total. The highest BCUT2D eigenvalue weighted by molar-refractivity contribution is 7.88. The highest BCUT2D eigenvalue weighted by Gasteiger charge is 2.48. The first-order valence-electron chi connectivity index (χ1n) is 4.77. The van der Waals surface area contributed by atoms with Gasteiger partial charge in [0.25, 0.3) is 0 Å². The molecule has 0 aromatic heterocycles. The smallest absolute Gasteiger partial charge is 0.290 e. The molecule has 96 valence electrons. The Morgan fingerprint density at radius 1 is 1.25 bits per heavy atom. The molecule has 2 atom stereocenters. The Labute approximate surface area is 93.1 Å². The predicted molar refractivity (Wildman–Crippen MR) is 53.5 cm³/mol. The summed E-state index contributed by atoms with van der Waals surface area (Å²) in [5.74, 6) is 0. The van der Waals surface area contributed by atoms with Crippen molar-refractivity contribution in [2.24, 2.45) is 0 Å². The van der Waals surface area contributed by atoms with E-state index in [1.54, 1.807) is 6.92 Å². The number of nitrogens with zero attached hydrogens (tertiary/aromatic N) is 2. The van der Waals surface area contributed by atoms with Crippen LogP contribution in [0, 0.1) is 0 Å². The average molecular weight is 260 g/mol. The number of hydrogen-bond acceptors (Lipinski definition) is 3. The maximum absolute atomic E-state index is 12.7. The van der Waals surface area contributed by atoms with Crippen LogP contribution in [0.15, 0.2) is 0 Å². The lowest BCUT2D eigenvalue weighted by molar-refractivity contribution is -0.194. The van der Waals surface area contributed by atoms with Crippen LogP contribution >= 0.6 is 0 Å². The predicted octanol–water partition coefficient (Wildman–Crippen LogP) is 0.513. The molecular weight excluding hydrogens is 245 g/mol. The van der Waals surface area contributed by atoms with Crippen LogP contribution in [-0.2, 0) is 10.0 Å². The van der Waals surface area contributed by atoms with E-state index in [0.29, 0.717) is 0 Å². The van der Waals surface area contributed by atoms with Gasteiger partial charge in [0, 0.05) is 19.1 Å². The van der Waals surface area contributed by atoms with Crippen molar-refractivity contribution >= 4 is 10.0 Å². The fraction of sp³-hybridized carbons (Fsp3) is 1.00. The number of rotatable bonds is 1. The Morgan fingerprint density at radius 3 is 2.12 bits per heavy atom. The molecule has 0 aromatic rings. The van der Waals surface area contributed by atoms with Crippen LogP contribution in [0.2, 0.25) is 0 Å². The normalized spacial score (nSPS) is 30.6. The van der Waals surface area contributed by atoms with E-state index in [0.717, 1.165) is 10.6 Å². The standard InChI is InChI=1S/C8H15F3N2O2S/c1-6-4-13(16(3,14)15)5-7(12(6)2)8(9,10)11/h6-7H,4-5H2,1-3H3. The van der Waals surface area contributed by atoms with Gasteiger partial charge in [0.15, 0.2) is 0 Å². The summed E-state index contributed by atoms with van der Waals surface area (Å²) in [7, 11) is -2.21. The number of hydrogen-bond donors (Lipinski definition) is 0. The van der Waals surface area contributed by atoms with E-state index >= 15 is 0 Å². The van der Waals surface area contributed by atoms with Crippen molar-refractivity contribution in [1.29, 1.82) is 0 Å².